The van der Waals surface area contributed by atoms with Crippen molar-refractivity contribution in [2.24, 2.45) is 17.8 Å². The molecular formula is C20H25ClN4O. The topological polar surface area (TPSA) is 59.8 Å². The van der Waals surface area contributed by atoms with E-state index in [1.54, 1.807) is 24.3 Å². The Morgan fingerprint density at radius 3 is 2.54 bits per heavy atom. The van der Waals surface area contributed by atoms with Crippen LogP contribution in [0.15, 0.2) is 30.5 Å². The summed E-state index contributed by atoms with van der Waals surface area (Å²) in [5, 5.41) is 12.4. The van der Waals surface area contributed by atoms with Crippen LogP contribution in [0.2, 0.25) is 5.02 Å². The smallest absolute Gasteiger partial charge is 0.251 e. The molecule has 2 aliphatic carbocycles. The first-order chi connectivity index (χ1) is 12.6. The first-order valence-corrected chi connectivity index (χ1v) is 9.95. The highest BCUT2D eigenvalue weighted by atomic mass is 35.5. The van der Waals surface area contributed by atoms with Gasteiger partial charge in [-0.2, -0.15) is 0 Å². The van der Waals surface area contributed by atoms with Gasteiger partial charge in [0.05, 0.1) is 11.7 Å². The molecule has 138 valence electrons. The van der Waals surface area contributed by atoms with Crippen LogP contribution in [0.5, 0.6) is 0 Å². The fourth-order valence-electron chi connectivity index (χ4n) is 4.65. The largest absolute Gasteiger partial charge is 0.349 e. The lowest BCUT2D eigenvalue weighted by Gasteiger charge is -2.21. The van der Waals surface area contributed by atoms with Crippen molar-refractivity contribution in [2.75, 3.05) is 0 Å². The molecule has 1 amide bonds. The van der Waals surface area contributed by atoms with Gasteiger partial charge in [-0.05, 0) is 67.7 Å². The summed E-state index contributed by atoms with van der Waals surface area (Å²) in [4.78, 5) is 12.5. The lowest BCUT2D eigenvalue weighted by molar-refractivity contribution is 0.0926. The van der Waals surface area contributed by atoms with E-state index in [1.807, 2.05) is 0 Å². The average Bonchev–Trinajstić information content (AvgIpc) is 3.04. The van der Waals surface area contributed by atoms with Gasteiger partial charge in [-0.15, -0.1) is 5.10 Å². The summed E-state index contributed by atoms with van der Waals surface area (Å²) in [6.45, 7) is 4.26. The van der Waals surface area contributed by atoms with Gasteiger partial charge in [-0.25, -0.2) is 4.68 Å². The summed E-state index contributed by atoms with van der Waals surface area (Å²) < 4.78 is 2.05. The molecule has 1 N–H and O–H groups in total. The summed E-state index contributed by atoms with van der Waals surface area (Å²) in [5.41, 5.74) is 1.73. The third kappa shape index (κ3) is 3.25. The van der Waals surface area contributed by atoms with Gasteiger partial charge in [-0.1, -0.05) is 30.7 Å². The number of carbonyl (C=O) groups excluding carboxylic acids is 1. The number of halogens is 1. The first-order valence-electron chi connectivity index (χ1n) is 9.57. The number of hydrogen-bond donors (Lipinski definition) is 1. The van der Waals surface area contributed by atoms with E-state index >= 15 is 0 Å². The number of aryl methyl sites for hydroxylation is 1. The molecule has 6 heteroatoms. The Hall–Kier alpha value is -1.88. The summed E-state index contributed by atoms with van der Waals surface area (Å²) in [7, 11) is 0. The highest BCUT2D eigenvalue weighted by molar-refractivity contribution is 6.30. The Balaban J connectivity index is 1.35. The third-order valence-electron chi connectivity index (χ3n) is 6.11. The van der Waals surface area contributed by atoms with Crippen LogP contribution in [0.4, 0.5) is 0 Å². The van der Waals surface area contributed by atoms with Gasteiger partial charge in [0.25, 0.3) is 5.91 Å². The van der Waals surface area contributed by atoms with Crippen LogP contribution in [0.1, 0.15) is 55.2 Å². The Morgan fingerprint density at radius 2 is 1.96 bits per heavy atom. The molecule has 0 spiro atoms. The summed E-state index contributed by atoms with van der Waals surface area (Å²) >= 11 is 5.91. The van der Waals surface area contributed by atoms with Crippen molar-refractivity contribution >= 4 is 17.5 Å². The molecule has 26 heavy (non-hydrogen) atoms. The zero-order valence-electron chi connectivity index (χ0n) is 15.2. The van der Waals surface area contributed by atoms with E-state index in [-0.39, 0.29) is 11.9 Å². The predicted octanol–water partition coefficient (Wildman–Crippen LogP) is 3.90. The number of rotatable bonds is 6. The second-order valence-corrected chi connectivity index (χ2v) is 8.01. The molecule has 3 unspecified atom stereocenters. The zero-order valence-corrected chi connectivity index (χ0v) is 16.0. The molecule has 4 rings (SSSR count). The van der Waals surface area contributed by atoms with Crippen molar-refractivity contribution in [3.8, 4) is 0 Å². The standard InChI is InChI=1S/C20H25ClN4O/c1-3-14-11-25(24-23-14)15-9-16-17(10-15)19(16)18(4-2)22-20(26)12-5-7-13(21)8-6-12/h5-8,11,15-19H,3-4,9-10H2,1-2H3,(H,22,26). The minimum absolute atomic E-state index is 0.00101. The van der Waals surface area contributed by atoms with Crippen molar-refractivity contribution in [2.45, 2.75) is 51.6 Å². The van der Waals surface area contributed by atoms with Crippen LogP contribution in [0.25, 0.3) is 0 Å². The third-order valence-corrected chi connectivity index (χ3v) is 6.36. The quantitative estimate of drug-likeness (QED) is 0.836. The van der Waals surface area contributed by atoms with Gasteiger partial charge in [0.2, 0.25) is 0 Å². The molecule has 0 saturated heterocycles. The first kappa shape index (κ1) is 17.5. The second-order valence-electron chi connectivity index (χ2n) is 7.57. The number of fused-ring (bicyclic) bond motifs is 1. The molecule has 0 bridgehead atoms. The molecule has 1 heterocycles. The van der Waals surface area contributed by atoms with E-state index in [9.17, 15) is 4.79 Å². The van der Waals surface area contributed by atoms with Gasteiger partial charge in [-0.3, -0.25) is 4.79 Å². The van der Waals surface area contributed by atoms with E-state index in [2.05, 4.69) is 40.4 Å². The normalized spacial score (nSPS) is 27.8. The maximum atomic E-state index is 12.5. The van der Waals surface area contributed by atoms with Crippen molar-refractivity contribution in [1.82, 2.24) is 20.3 Å². The van der Waals surface area contributed by atoms with Crippen LogP contribution in [-0.4, -0.2) is 26.9 Å². The summed E-state index contributed by atoms with van der Waals surface area (Å²) in [5.74, 6) is 2.00. The fraction of sp³-hybridized carbons (Fsp3) is 0.550. The number of nitrogens with zero attached hydrogens (tertiary/aromatic N) is 3. The van der Waals surface area contributed by atoms with Crippen LogP contribution in [0.3, 0.4) is 0 Å². The highest BCUT2D eigenvalue weighted by Gasteiger charge is 2.59. The minimum atomic E-state index is -0.00101. The van der Waals surface area contributed by atoms with Crippen molar-refractivity contribution < 1.29 is 4.79 Å². The van der Waals surface area contributed by atoms with Crippen molar-refractivity contribution in [3.05, 3.63) is 46.7 Å². The monoisotopic (exact) mass is 372 g/mol. The number of aromatic nitrogens is 3. The molecular weight excluding hydrogens is 348 g/mol. The molecule has 5 nitrogen and oxygen atoms in total. The van der Waals surface area contributed by atoms with Crippen LogP contribution in [-0.2, 0) is 6.42 Å². The Labute approximate surface area is 159 Å². The zero-order chi connectivity index (χ0) is 18.3. The average molecular weight is 373 g/mol. The van der Waals surface area contributed by atoms with Crippen LogP contribution in [0, 0.1) is 17.8 Å². The van der Waals surface area contributed by atoms with Gasteiger partial charge in [0, 0.05) is 22.8 Å². The molecule has 2 fully saturated rings. The second kappa shape index (κ2) is 7.03. The summed E-state index contributed by atoms with van der Waals surface area (Å²) in [6.07, 6.45) is 6.27. The molecule has 1 aromatic heterocycles. The molecule has 2 aromatic rings. The number of benzene rings is 1. The Morgan fingerprint density at radius 1 is 1.27 bits per heavy atom. The van der Waals surface area contributed by atoms with E-state index in [0.717, 1.165) is 31.4 Å². The van der Waals surface area contributed by atoms with Gasteiger partial charge in [0.1, 0.15) is 0 Å². The van der Waals surface area contributed by atoms with E-state index in [4.69, 9.17) is 11.6 Å². The maximum absolute atomic E-state index is 12.5. The number of nitrogens with one attached hydrogen (secondary N) is 1. The van der Waals surface area contributed by atoms with Crippen LogP contribution < -0.4 is 5.32 Å². The van der Waals surface area contributed by atoms with Crippen molar-refractivity contribution in [3.63, 3.8) is 0 Å². The number of hydrogen-bond acceptors (Lipinski definition) is 3. The molecule has 0 aliphatic heterocycles. The Bertz CT molecular complexity index is 775. The van der Waals surface area contributed by atoms with E-state index < -0.39 is 0 Å². The molecule has 0 radical (unpaired) electrons. The predicted molar refractivity (Wildman–Crippen MR) is 101 cm³/mol. The number of carbonyl (C=O) groups is 1. The minimum Gasteiger partial charge on any atom is -0.349 e. The SMILES string of the molecule is CCc1cn(C2CC3C(C2)C3C(CC)NC(=O)c2ccc(Cl)cc2)nn1. The highest BCUT2D eigenvalue weighted by Crippen LogP contribution is 2.62. The molecule has 3 atom stereocenters. The fourth-order valence-corrected chi connectivity index (χ4v) is 4.78. The van der Waals surface area contributed by atoms with Gasteiger partial charge in [0.15, 0.2) is 0 Å². The van der Waals surface area contributed by atoms with E-state index in [0.29, 0.717) is 34.4 Å². The number of amides is 1. The van der Waals surface area contributed by atoms with Crippen molar-refractivity contribution in [1.29, 1.82) is 0 Å². The Kier molecular flexibility index (Phi) is 4.74. The maximum Gasteiger partial charge on any atom is 0.251 e. The van der Waals surface area contributed by atoms with Gasteiger partial charge < -0.3 is 5.32 Å². The van der Waals surface area contributed by atoms with Gasteiger partial charge >= 0.3 is 0 Å². The molecule has 1 aromatic carbocycles. The lowest BCUT2D eigenvalue weighted by atomic mass is 9.99. The van der Waals surface area contributed by atoms with Crippen LogP contribution >= 0.6 is 11.6 Å². The summed E-state index contributed by atoms with van der Waals surface area (Å²) in [6, 6.07) is 7.80. The van der Waals surface area contributed by atoms with E-state index in [1.165, 1.54) is 0 Å². The molecule has 2 saturated carbocycles. The lowest BCUT2D eigenvalue weighted by Crippen LogP contribution is -2.37. The molecule has 2 aliphatic rings.